The van der Waals surface area contributed by atoms with Crippen LogP contribution in [0.15, 0.2) is 72.2 Å². The molecule has 356 valence electrons. The van der Waals surface area contributed by atoms with E-state index in [0.717, 1.165) is 47.0 Å². The van der Waals surface area contributed by atoms with Gasteiger partial charge in [0, 0.05) is 38.6 Å². The Bertz CT molecular complexity index is 2430. The molecule has 2 fully saturated rings. The van der Waals surface area contributed by atoms with Crippen LogP contribution >= 0.6 is 23.6 Å². The first-order valence-corrected chi connectivity index (χ1v) is 23.9. The summed E-state index contributed by atoms with van der Waals surface area (Å²) in [6.07, 6.45) is 4.44. The van der Waals surface area contributed by atoms with Crippen molar-refractivity contribution >= 4 is 63.7 Å². The Morgan fingerprint density at radius 2 is 1.66 bits per heavy atom. The van der Waals surface area contributed by atoms with Crippen molar-refractivity contribution in [3.05, 3.63) is 94.9 Å². The Hall–Kier alpha value is -5.80. The van der Waals surface area contributed by atoms with Crippen LogP contribution in [0.3, 0.4) is 0 Å². The molecule has 3 heterocycles. The van der Waals surface area contributed by atoms with E-state index in [1.54, 1.807) is 41.1 Å². The highest BCUT2D eigenvalue weighted by Gasteiger charge is 2.50. The van der Waals surface area contributed by atoms with Gasteiger partial charge < -0.3 is 34.6 Å². The summed E-state index contributed by atoms with van der Waals surface area (Å²) in [4.78, 5) is 63.8. The number of benzene rings is 3. The lowest BCUT2D eigenvalue weighted by Crippen LogP contribution is -2.58. The topological polar surface area (TPSA) is 166 Å². The maximum absolute atomic E-state index is 14.4. The maximum atomic E-state index is 14.4. The lowest BCUT2D eigenvalue weighted by Gasteiger charge is -2.35. The van der Waals surface area contributed by atoms with Gasteiger partial charge in [-0.15, -0.1) is 11.3 Å². The van der Waals surface area contributed by atoms with Crippen LogP contribution in [0.2, 0.25) is 0 Å². The third-order valence-electron chi connectivity index (χ3n) is 11.8. The van der Waals surface area contributed by atoms with E-state index in [2.05, 4.69) is 15.6 Å². The Labute approximate surface area is 401 Å². The number of nitriles is 1. The minimum absolute atomic E-state index is 0.113. The first-order valence-electron chi connectivity index (χ1n) is 22.6. The summed E-state index contributed by atoms with van der Waals surface area (Å²) in [7, 11) is 0. The highest BCUT2D eigenvalue weighted by molar-refractivity contribution is 7.81. The minimum Gasteiger partial charge on any atom is -0.494 e. The number of aryl methyl sites for hydroxylation is 1. The standard InChI is InChI=1S/C50H60FN7O7S2/c1-33-43(67-32-54-33)35-15-13-34(14-16-35)30-53-45(60)41-12-10-23-56(41)46(61)44(49(2,3)4)55-42(59)31-64-26-11-25-63-24-8-7-9-27-65-39-21-19-37(20-22-39)58-48(66)57(47(62)50(58,5)6)38-18-17-36(29-52)40(51)28-38/h13-22,28,32,41,44H,7-12,23-27,30-31H2,1-6H3,(H,53,60)(H,55,59)/t41-,44?/m0/s1. The van der Waals surface area contributed by atoms with Crippen LogP contribution in [0.4, 0.5) is 15.8 Å². The second kappa shape index (κ2) is 22.8. The number of nitrogens with zero attached hydrogens (tertiary/aromatic N) is 5. The Balaban J connectivity index is 0.831. The van der Waals surface area contributed by atoms with Crippen molar-refractivity contribution in [1.29, 1.82) is 5.26 Å². The molecule has 1 aromatic heterocycles. The third-order valence-corrected chi connectivity index (χ3v) is 13.1. The van der Waals surface area contributed by atoms with E-state index in [4.69, 9.17) is 31.7 Å². The molecule has 2 aliphatic heterocycles. The molecular formula is C50H60FN7O7S2. The lowest BCUT2D eigenvalue weighted by molar-refractivity contribution is -0.144. The smallest absolute Gasteiger partial charge is 0.259 e. The summed E-state index contributed by atoms with van der Waals surface area (Å²) in [5, 5.41) is 15.2. The van der Waals surface area contributed by atoms with Crippen molar-refractivity contribution in [2.75, 3.05) is 49.4 Å². The number of unbranched alkanes of at least 4 members (excludes halogenated alkanes) is 2. The summed E-state index contributed by atoms with van der Waals surface area (Å²) in [5.41, 5.74) is 4.04. The predicted molar refractivity (Wildman–Crippen MR) is 260 cm³/mol. The maximum Gasteiger partial charge on any atom is 0.259 e. The number of hydrogen-bond donors (Lipinski definition) is 2. The van der Waals surface area contributed by atoms with Crippen molar-refractivity contribution in [3.8, 4) is 22.3 Å². The number of carbonyl (C=O) groups is 4. The van der Waals surface area contributed by atoms with Crippen molar-refractivity contribution in [3.63, 3.8) is 0 Å². The Kier molecular flexibility index (Phi) is 17.2. The van der Waals surface area contributed by atoms with Crippen molar-refractivity contribution < 1.29 is 37.8 Å². The number of hydrogen-bond acceptors (Lipinski definition) is 11. The number of carbonyl (C=O) groups excluding carboxylic acids is 4. The molecule has 4 amide bonds. The molecule has 0 aliphatic carbocycles. The summed E-state index contributed by atoms with van der Waals surface area (Å²) < 4.78 is 31.7. The fourth-order valence-corrected chi connectivity index (χ4v) is 9.40. The van der Waals surface area contributed by atoms with Gasteiger partial charge in [-0.05, 0) is 131 Å². The molecule has 6 rings (SSSR count). The number of likely N-dealkylation sites (tertiary alicyclic amines) is 1. The Morgan fingerprint density at radius 3 is 2.33 bits per heavy atom. The number of rotatable bonds is 21. The monoisotopic (exact) mass is 953 g/mol. The first-order chi connectivity index (χ1) is 32.0. The Morgan fingerprint density at radius 1 is 0.970 bits per heavy atom. The summed E-state index contributed by atoms with van der Waals surface area (Å²) in [5.74, 6) is -1.24. The van der Waals surface area contributed by atoms with Crippen LogP contribution in [0.1, 0.15) is 90.0 Å². The molecule has 2 N–H and O–H groups in total. The minimum atomic E-state index is -1.03. The quantitative estimate of drug-likeness (QED) is 0.0617. The molecule has 2 saturated heterocycles. The third kappa shape index (κ3) is 12.6. The van der Waals surface area contributed by atoms with Crippen molar-refractivity contribution in [1.82, 2.24) is 20.5 Å². The fraction of sp³-hybridized carbons (Fsp3) is 0.460. The summed E-state index contributed by atoms with van der Waals surface area (Å²) in [6, 6.07) is 19.6. The molecule has 0 bridgehead atoms. The summed E-state index contributed by atoms with van der Waals surface area (Å²) >= 11 is 7.28. The van der Waals surface area contributed by atoms with Gasteiger partial charge in [0.25, 0.3) is 5.91 Å². The van der Waals surface area contributed by atoms with Crippen LogP contribution in [0.25, 0.3) is 10.4 Å². The van der Waals surface area contributed by atoms with Gasteiger partial charge in [0.15, 0.2) is 5.11 Å². The largest absolute Gasteiger partial charge is 0.494 e. The average Bonchev–Trinajstić information content (AvgIpc) is 4.01. The zero-order chi connectivity index (χ0) is 48.3. The van der Waals surface area contributed by atoms with Crippen LogP contribution in [0.5, 0.6) is 5.75 Å². The normalized spacial score (nSPS) is 16.3. The number of amides is 4. The van der Waals surface area contributed by atoms with Crippen LogP contribution in [-0.4, -0.2) is 95.8 Å². The van der Waals surface area contributed by atoms with Crippen LogP contribution < -0.4 is 25.2 Å². The van der Waals surface area contributed by atoms with E-state index in [9.17, 15) is 23.6 Å². The molecule has 1 unspecified atom stereocenters. The van der Waals surface area contributed by atoms with Crippen molar-refractivity contribution in [2.45, 2.75) is 104 Å². The average molecular weight is 954 g/mol. The second-order valence-corrected chi connectivity index (χ2v) is 19.5. The lowest BCUT2D eigenvalue weighted by atomic mass is 9.85. The van der Waals surface area contributed by atoms with Crippen molar-refractivity contribution in [2.24, 2.45) is 5.41 Å². The van der Waals surface area contributed by atoms with E-state index in [1.165, 1.54) is 17.0 Å². The molecule has 67 heavy (non-hydrogen) atoms. The van der Waals surface area contributed by atoms with E-state index in [-0.39, 0.29) is 40.7 Å². The molecule has 4 aromatic rings. The van der Waals surface area contributed by atoms with E-state index in [0.29, 0.717) is 70.2 Å². The van der Waals surface area contributed by atoms with Gasteiger partial charge in [-0.3, -0.25) is 24.1 Å². The second-order valence-electron chi connectivity index (χ2n) is 18.3. The van der Waals surface area contributed by atoms with Gasteiger partial charge >= 0.3 is 0 Å². The summed E-state index contributed by atoms with van der Waals surface area (Å²) in [6.45, 7) is 13.6. The molecule has 0 spiro atoms. The number of aromatic nitrogens is 1. The van der Waals surface area contributed by atoms with Gasteiger partial charge in [-0.25, -0.2) is 9.37 Å². The molecule has 2 aliphatic rings. The van der Waals surface area contributed by atoms with E-state index in [1.807, 2.05) is 81.7 Å². The molecule has 0 radical (unpaired) electrons. The molecule has 2 atom stereocenters. The van der Waals surface area contributed by atoms with Gasteiger partial charge in [0.05, 0.1) is 33.9 Å². The van der Waals surface area contributed by atoms with Gasteiger partial charge in [-0.1, -0.05) is 45.0 Å². The molecule has 3 aromatic carbocycles. The zero-order valence-electron chi connectivity index (χ0n) is 39.1. The fourth-order valence-electron chi connectivity index (χ4n) is 8.06. The van der Waals surface area contributed by atoms with Crippen LogP contribution in [-0.2, 0) is 35.2 Å². The number of ether oxygens (including phenoxy) is 3. The zero-order valence-corrected chi connectivity index (χ0v) is 40.7. The number of nitrogens with one attached hydrogen (secondary N) is 2. The van der Waals surface area contributed by atoms with Gasteiger partial charge in [-0.2, -0.15) is 5.26 Å². The SMILES string of the molecule is Cc1ncsc1-c1ccc(CNC(=O)[C@@H]2CCCN2C(=O)C(NC(=O)COCCCOCCCCCOc2ccc(N3C(=S)N(c4ccc(C#N)c(F)c4)C(=O)C3(C)C)cc2)C(C)(C)C)cc1. The number of halogens is 1. The van der Waals surface area contributed by atoms with E-state index < -0.39 is 34.8 Å². The molecule has 17 heteroatoms. The number of thiocarbonyl (C=S) groups is 1. The van der Waals surface area contributed by atoms with E-state index >= 15 is 0 Å². The number of thiazole rings is 1. The predicted octanol–water partition coefficient (Wildman–Crippen LogP) is 7.86. The number of anilines is 2. The highest BCUT2D eigenvalue weighted by Crippen LogP contribution is 2.37. The van der Waals surface area contributed by atoms with Crippen LogP contribution in [0, 0.1) is 29.5 Å². The molecule has 0 saturated carbocycles. The first kappa shape index (κ1) is 50.6. The highest BCUT2D eigenvalue weighted by atomic mass is 32.1. The van der Waals surface area contributed by atoms with Gasteiger partial charge in [0.1, 0.15) is 41.9 Å². The molecular weight excluding hydrogens is 894 g/mol. The van der Waals surface area contributed by atoms with Gasteiger partial charge in [0.2, 0.25) is 17.7 Å². The molecule has 14 nitrogen and oxygen atoms in total.